The van der Waals surface area contributed by atoms with Crippen molar-refractivity contribution in [1.82, 2.24) is 19.9 Å². The number of piperidine rings is 1. The van der Waals surface area contributed by atoms with Gasteiger partial charge in [0.05, 0.1) is 13.7 Å². The number of anilines is 1. The van der Waals surface area contributed by atoms with Crippen LogP contribution in [0.1, 0.15) is 29.9 Å². The van der Waals surface area contributed by atoms with Crippen LogP contribution in [0.2, 0.25) is 0 Å². The molecule has 36 heavy (non-hydrogen) atoms. The van der Waals surface area contributed by atoms with E-state index in [1.54, 1.807) is 7.11 Å². The fourth-order valence-electron chi connectivity index (χ4n) is 5.21. The SMILES string of the molecule is COc1ccc(-c2noc(CN3CCC(C(=O)N4CCN(c5cccc(C)c5C)CC4)CC3)n2)cc1. The minimum absolute atomic E-state index is 0.103. The van der Waals surface area contributed by atoms with Gasteiger partial charge in [0.25, 0.3) is 0 Å². The minimum Gasteiger partial charge on any atom is -0.497 e. The third-order valence-corrected chi connectivity index (χ3v) is 7.62. The number of hydrogen-bond donors (Lipinski definition) is 0. The molecule has 0 unspecified atom stereocenters. The number of likely N-dealkylation sites (tertiary alicyclic amines) is 1. The van der Waals surface area contributed by atoms with Crippen LogP contribution in [-0.2, 0) is 11.3 Å². The summed E-state index contributed by atoms with van der Waals surface area (Å²) in [5.74, 6) is 2.40. The summed E-state index contributed by atoms with van der Waals surface area (Å²) < 4.78 is 10.7. The Morgan fingerprint density at radius 3 is 2.42 bits per heavy atom. The Balaban J connectivity index is 1.09. The van der Waals surface area contributed by atoms with Crippen molar-refractivity contribution in [1.29, 1.82) is 0 Å². The Bertz CT molecular complexity index is 1180. The third kappa shape index (κ3) is 5.23. The van der Waals surface area contributed by atoms with Crippen LogP contribution in [0.4, 0.5) is 5.69 Å². The molecule has 2 aromatic carbocycles. The van der Waals surface area contributed by atoms with Crippen molar-refractivity contribution < 1.29 is 14.1 Å². The average Bonchev–Trinajstić information content (AvgIpc) is 3.39. The van der Waals surface area contributed by atoms with Gasteiger partial charge in [-0.05, 0) is 81.2 Å². The zero-order chi connectivity index (χ0) is 25.1. The van der Waals surface area contributed by atoms with Gasteiger partial charge in [0.2, 0.25) is 17.6 Å². The van der Waals surface area contributed by atoms with E-state index in [4.69, 9.17) is 9.26 Å². The zero-order valence-electron chi connectivity index (χ0n) is 21.4. The van der Waals surface area contributed by atoms with Crippen LogP contribution >= 0.6 is 0 Å². The lowest BCUT2D eigenvalue weighted by Crippen LogP contribution is -2.51. The van der Waals surface area contributed by atoms with Gasteiger partial charge in [0, 0.05) is 43.3 Å². The van der Waals surface area contributed by atoms with Gasteiger partial charge in [-0.15, -0.1) is 0 Å². The van der Waals surface area contributed by atoms with E-state index in [0.717, 1.165) is 63.4 Å². The molecule has 0 aliphatic carbocycles. The summed E-state index contributed by atoms with van der Waals surface area (Å²) >= 11 is 0. The second-order valence-corrected chi connectivity index (χ2v) is 9.82. The highest BCUT2D eigenvalue weighted by Crippen LogP contribution is 2.26. The molecular weight excluding hydrogens is 454 g/mol. The second kappa shape index (κ2) is 10.7. The summed E-state index contributed by atoms with van der Waals surface area (Å²) in [6.45, 7) is 10.0. The molecule has 0 atom stereocenters. The van der Waals surface area contributed by atoms with Crippen molar-refractivity contribution >= 4 is 11.6 Å². The number of carbonyl (C=O) groups is 1. The van der Waals surface area contributed by atoms with Gasteiger partial charge in [-0.2, -0.15) is 4.98 Å². The molecule has 2 aliphatic heterocycles. The monoisotopic (exact) mass is 489 g/mol. The van der Waals surface area contributed by atoms with Gasteiger partial charge in [-0.1, -0.05) is 17.3 Å². The molecule has 3 aromatic rings. The van der Waals surface area contributed by atoms with E-state index in [1.807, 2.05) is 24.3 Å². The number of ether oxygens (including phenoxy) is 1. The number of rotatable bonds is 6. The van der Waals surface area contributed by atoms with Gasteiger partial charge in [-0.3, -0.25) is 9.69 Å². The van der Waals surface area contributed by atoms with Crippen LogP contribution in [-0.4, -0.2) is 72.2 Å². The minimum atomic E-state index is 0.103. The van der Waals surface area contributed by atoms with Crippen molar-refractivity contribution in [2.24, 2.45) is 5.92 Å². The van der Waals surface area contributed by atoms with Crippen molar-refractivity contribution in [2.45, 2.75) is 33.2 Å². The number of aryl methyl sites for hydroxylation is 1. The molecule has 3 heterocycles. The Morgan fingerprint density at radius 1 is 1.00 bits per heavy atom. The lowest BCUT2D eigenvalue weighted by Gasteiger charge is -2.39. The number of benzene rings is 2. The van der Waals surface area contributed by atoms with Crippen molar-refractivity contribution in [3.05, 3.63) is 59.5 Å². The van der Waals surface area contributed by atoms with Crippen LogP contribution in [0, 0.1) is 19.8 Å². The molecule has 8 heteroatoms. The smallest absolute Gasteiger partial charge is 0.241 e. The predicted octanol–water partition coefficient (Wildman–Crippen LogP) is 3.92. The van der Waals surface area contributed by atoms with Gasteiger partial charge >= 0.3 is 0 Å². The first-order valence-electron chi connectivity index (χ1n) is 12.8. The maximum Gasteiger partial charge on any atom is 0.241 e. The Hall–Kier alpha value is -3.39. The standard InChI is InChI=1S/C28H35N5O3/c1-20-5-4-6-25(21(20)2)32-15-17-33(18-16-32)28(34)23-11-13-31(14-12-23)19-26-29-27(30-36-26)22-7-9-24(35-3)10-8-22/h4-10,23H,11-19H2,1-3H3. The van der Waals surface area contributed by atoms with Crippen LogP contribution in [0.3, 0.4) is 0 Å². The first kappa shape index (κ1) is 24.3. The summed E-state index contributed by atoms with van der Waals surface area (Å²) in [6.07, 6.45) is 1.74. The Labute approximate surface area is 212 Å². The van der Waals surface area contributed by atoms with Gasteiger partial charge in [0.15, 0.2) is 0 Å². The predicted molar refractivity (Wildman–Crippen MR) is 139 cm³/mol. The molecule has 0 bridgehead atoms. The molecule has 2 saturated heterocycles. The third-order valence-electron chi connectivity index (χ3n) is 7.62. The number of methoxy groups -OCH3 is 1. The zero-order valence-corrected chi connectivity index (χ0v) is 21.4. The molecule has 0 saturated carbocycles. The molecule has 1 amide bonds. The Kier molecular flexibility index (Phi) is 7.23. The Morgan fingerprint density at radius 2 is 1.72 bits per heavy atom. The fraction of sp³-hybridized carbons (Fsp3) is 0.464. The lowest BCUT2D eigenvalue weighted by molar-refractivity contribution is -0.137. The highest BCUT2D eigenvalue weighted by Gasteiger charge is 2.31. The van der Waals surface area contributed by atoms with Crippen LogP contribution in [0.15, 0.2) is 47.0 Å². The molecule has 1 aromatic heterocycles. The molecule has 190 valence electrons. The molecule has 8 nitrogen and oxygen atoms in total. The lowest BCUT2D eigenvalue weighted by atomic mass is 9.95. The second-order valence-electron chi connectivity index (χ2n) is 9.82. The average molecular weight is 490 g/mol. The summed E-state index contributed by atoms with van der Waals surface area (Å²) in [4.78, 5) is 24.6. The first-order valence-corrected chi connectivity index (χ1v) is 12.8. The maximum absolute atomic E-state index is 13.2. The molecule has 0 N–H and O–H groups in total. The van der Waals surface area contributed by atoms with Gasteiger partial charge in [-0.25, -0.2) is 0 Å². The molecule has 2 fully saturated rings. The fourth-order valence-corrected chi connectivity index (χ4v) is 5.21. The van der Waals surface area contributed by atoms with Crippen LogP contribution < -0.4 is 9.64 Å². The molecule has 0 spiro atoms. The van der Waals surface area contributed by atoms with E-state index in [-0.39, 0.29) is 5.92 Å². The quantitative estimate of drug-likeness (QED) is 0.519. The molecule has 0 radical (unpaired) electrons. The highest BCUT2D eigenvalue weighted by molar-refractivity contribution is 5.79. The normalized spacial score (nSPS) is 17.4. The van der Waals surface area contributed by atoms with Crippen molar-refractivity contribution in [2.75, 3.05) is 51.3 Å². The number of nitrogens with zero attached hydrogens (tertiary/aromatic N) is 5. The number of piperazine rings is 1. The topological polar surface area (TPSA) is 74.9 Å². The van der Waals surface area contributed by atoms with Gasteiger partial charge in [0.1, 0.15) is 5.75 Å². The molecule has 2 aliphatic rings. The highest BCUT2D eigenvalue weighted by atomic mass is 16.5. The van der Waals surface area contributed by atoms with Crippen LogP contribution in [0.5, 0.6) is 5.75 Å². The van der Waals surface area contributed by atoms with E-state index >= 15 is 0 Å². The number of carbonyl (C=O) groups excluding carboxylic acids is 1. The number of hydrogen-bond acceptors (Lipinski definition) is 7. The molecular formula is C28H35N5O3. The summed E-state index contributed by atoms with van der Waals surface area (Å²) in [7, 11) is 1.64. The van der Waals surface area contributed by atoms with E-state index in [9.17, 15) is 4.79 Å². The maximum atomic E-state index is 13.2. The summed E-state index contributed by atoms with van der Waals surface area (Å²) in [5, 5.41) is 4.13. The molecule has 5 rings (SSSR count). The van der Waals surface area contributed by atoms with E-state index in [0.29, 0.717) is 24.2 Å². The van der Waals surface area contributed by atoms with E-state index in [2.05, 4.69) is 56.9 Å². The number of aromatic nitrogens is 2. The summed E-state index contributed by atoms with van der Waals surface area (Å²) in [5.41, 5.74) is 4.84. The van der Waals surface area contributed by atoms with Crippen molar-refractivity contribution in [3.63, 3.8) is 0 Å². The van der Waals surface area contributed by atoms with Crippen LogP contribution in [0.25, 0.3) is 11.4 Å². The first-order chi connectivity index (χ1) is 17.5. The largest absolute Gasteiger partial charge is 0.497 e. The van der Waals surface area contributed by atoms with Gasteiger partial charge < -0.3 is 19.1 Å². The van der Waals surface area contributed by atoms with E-state index < -0.39 is 0 Å². The summed E-state index contributed by atoms with van der Waals surface area (Å²) in [6, 6.07) is 14.1. The number of amides is 1. The van der Waals surface area contributed by atoms with E-state index in [1.165, 1.54) is 16.8 Å². The van der Waals surface area contributed by atoms with Crippen molar-refractivity contribution in [3.8, 4) is 17.1 Å².